The van der Waals surface area contributed by atoms with Gasteiger partial charge in [-0.05, 0) is 86.9 Å². The first-order valence-corrected chi connectivity index (χ1v) is 10.5. The Morgan fingerprint density at radius 1 is 1.08 bits per heavy atom. The van der Waals surface area contributed by atoms with Gasteiger partial charge in [-0.2, -0.15) is 0 Å². The summed E-state index contributed by atoms with van der Waals surface area (Å²) in [6.45, 7) is 8.44. The Labute approximate surface area is 148 Å². The fraction of sp³-hybridized carbons (Fsp3) is 0.909. The highest BCUT2D eigenvalue weighted by Gasteiger charge is 2.55. The zero-order valence-corrected chi connectivity index (χ0v) is 16.0. The minimum absolute atomic E-state index is 0.382. The van der Waals surface area contributed by atoms with E-state index in [1.807, 2.05) is 6.92 Å². The maximum Gasteiger partial charge on any atom is 0.147 e. The number of hydrogen-bond acceptors (Lipinski definition) is 2. The third kappa shape index (κ3) is 2.69. The van der Waals surface area contributed by atoms with Crippen molar-refractivity contribution in [3.8, 4) is 0 Å². The predicted molar refractivity (Wildman–Crippen MR) is 97.7 cm³/mol. The molecule has 0 amide bonds. The first-order valence-electron chi connectivity index (χ1n) is 10.5. The summed E-state index contributed by atoms with van der Waals surface area (Å²) in [4.78, 5) is 0. The number of fused-ring (bicyclic) bond motifs is 5. The van der Waals surface area contributed by atoms with Crippen LogP contribution in [0.4, 0.5) is 0 Å². The van der Waals surface area contributed by atoms with Crippen molar-refractivity contribution >= 4 is 0 Å². The SMILES string of the molecule is CCOCO[C@H]1CC[C@@]2(C)C(=CC[C@H]3[C@@H]4CCC[C@]4(C)CC[C@@H]32)C1. The van der Waals surface area contributed by atoms with E-state index in [4.69, 9.17) is 9.47 Å². The molecule has 3 saturated carbocycles. The van der Waals surface area contributed by atoms with Crippen LogP contribution in [0.15, 0.2) is 11.6 Å². The molecule has 0 aromatic rings. The van der Waals surface area contributed by atoms with Crippen LogP contribution < -0.4 is 0 Å². The summed E-state index contributed by atoms with van der Waals surface area (Å²) in [6, 6.07) is 0. The lowest BCUT2D eigenvalue weighted by atomic mass is 9.48. The second-order valence-electron chi connectivity index (χ2n) is 9.49. The van der Waals surface area contributed by atoms with Crippen molar-refractivity contribution in [3.05, 3.63) is 11.6 Å². The van der Waals surface area contributed by atoms with Crippen LogP contribution in [0.3, 0.4) is 0 Å². The van der Waals surface area contributed by atoms with Gasteiger partial charge >= 0.3 is 0 Å². The van der Waals surface area contributed by atoms with Gasteiger partial charge < -0.3 is 9.47 Å². The largest absolute Gasteiger partial charge is 0.356 e. The van der Waals surface area contributed by atoms with Crippen molar-refractivity contribution in [1.82, 2.24) is 0 Å². The molecule has 0 unspecified atom stereocenters. The van der Waals surface area contributed by atoms with Crippen LogP contribution in [-0.2, 0) is 9.47 Å². The monoisotopic (exact) mass is 332 g/mol. The number of hydrogen-bond donors (Lipinski definition) is 0. The second-order valence-corrected chi connectivity index (χ2v) is 9.49. The Morgan fingerprint density at radius 3 is 2.79 bits per heavy atom. The average Bonchev–Trinajstić information content (AvgIpc) is 2.97. The third-order valence-electron chi connectivity index (χ3n) is 8.43. The lowest BCUT2D eigenvalue weighted by Gasteiger charge is -2.57. The lowest BCUT2D eigenvalue weighted by Crippen LogP contribution is -2.49. The first-order chi connectivity index (χ1) is 11.6. The molecule has 4 rings (SSSR count). The van der Waals surface area contributed by atoms with Gasteiger partial charge in [0.25, 0.3) is 0 Å². The molecule has 3 fully saturated rings. The molecule has 0 saturated heterocycles. The molecule has 0 bridgehead atoms. The highest BCUT2D eigenvalue weighted by molar-refractivity contribution is 5.25. The molecular formula is C22H36O2. The van der Waals surface area contributed by atoms with E-state index in [1.165, 1.54) is 51.4 Å². The molecule has 0 spiro atoms. The summed E-state index contributed by atoms with van der Waals surface area (Å²) >= 11 is 0. The molecule has 4 aliphatic rings. The van der Waals surface area contributed by atoms with Gasteiger partial charge in [0, 0.05) is 6.61 Å². The number of rotatable bonds is 4. The summed E-state index contributed by atoms with van der Waals surface area (Å²) in [6.07, 6.45) is 15.5. The second kappa shape index (κ2) is 6.43. The summed E-state index contributed by atoms with van der Waals surface area (Å²) in [7, 11) is 0. The van der Waals surface area contributed by atoms with E-state index >= 15 is 0 Å². The van der Waals surface area contributed by atoms with E-state index in [2.05, 4.69) is 19.9 Å². The Morgan fingerprint density at radius 2 is 1.96 bits per heavy atom. The fourth-order valence-corrected chi connectivity index (χ4v) is 6.99. The minimum Gasteiger partial charge on any atom is -0.356 e. The van der Waals surface area contributed by atoms with Gasteiger partial charge in [-0.3, -0.25) is 0 Å². The molecule has 2 nitrogen and oxygen atoms in total. The van der Waals surface area contributed by atoms with Gasteiger partial charge in [-0.15, -0.1) is 0 Å². The Bertz CT molecular complexity index is 498. The fourth-order valence-electron chi connectivity index (χ4n) is 6.99. The standard InChI is InChI=1S/C22H36O2/c1-4-23-15-24-17-9-13-22(3)16(14-17)7-8-18-19-6-5-11-21(19,2)12-10-20(18)22/h7,17-20H,4-6,8-15H2,1-3H3/t17-,18-,19-,20-,21+,22-/m0/s1. The molecular weight excluding hydrogens is 296 g/mol. The molecule has 0 radical (unpaired) electrons. The van der Waals surface area contributed by atoms with Gasteiger partial charge in [0.05, 0.1) is 6.10 Å². The normalized spacial score (nSPS) is 47.5. The zero-order chi connectivity index (χ0) is 16.8. The summed E-state index contributed by atoms with van der Waals surface area (Å²) in [5, 5.41) is 0. The van der Waals surface area contributed by atoms with E-state index in [0.29, 0.717) is 23.7 Å². The maximum absolute atomic E-state index is 5.98. The Balaban J connectivity index is 1.50. The van der Waals surface area contributed by atoms with Crippen LogP contribution in [0.2, 0.25) is 0 Å². The van der Waals surface area contributed by atoms with Crippen molar-refractivity contribution in [2.24, 2.45) is 28.6 Å². The van der Waals surface area contributed by atoms with E-state index in [9.17, 15) is 0 Å². The third-order valence-corrected chi connectivity index (χ3v) is 8.43. The molecule has 4 aliphatic carbocycles. The number of ether oxygens (including phenoxy) is 2. The van der Waals surface area contributed by atoms with Crippen LogP contribution >= 0.6 is 0 Å². The topological polar surface area (TPSA) is 18.5 Å². The average molecular weight is 333 g/mol. The van der Waals surface area contributed by atoms with Crippen molar-refractivity contribution in [3.63, 3.8) is 0 Å². The first kappa shape index (κ1) is 17.1. The Kier molecular flexibility index (Phi) is 4.58. The van der Waals surface area contributed by atoms with E-state index < -0.39 is 0 Å². The molecule has 0 heterocycles. The molecule has 0 aromatic heterocycles. The summed E-state index contributed by atoms with van der Waals surface area (Å²) in [5.41, 5.74) is 2.84. The molecule has 0 aromatic carbocycles. The minimum atomic E-state index is 0.382. The van der Waals surface area contributed by atoms with E-state index in [1.54, 1.807) is 5.57 Å². The molecule has 0 N–H and O–H groups in total. The predicted octanol–water partition coefficient (Wildman–Crippen LogP) is 5.72. The molecule has 6 atom stereocenters. The highest BCUT2D eigenvalue weighted by atomic mass is 16.7. The van der Waals surface area contributed by atoms with Crippen LogP contribution in [0.25, 0.3) is 0 Å². The molecule has 0 aliphatic heterocycles. The van der Waals surface area contributed by atoms with Gasteiger partial charge in [0.15, 0.2) is 0 Å². The van der Waals surface area contributed by atoms with Gasteiger partial charge in [0.1, 0.15) is 6.79 Å². The van der Waals surface area contributed by atoms with Crippen molar-refractivity contribution in [2.45, 2.75) is 84.7 Å². The highest BCUT2D eigenvalue weighted by Crippen LogP contribution is 2.64. The van der Waals surface area contributed by atoms with E-state index in [0.717, 1.165) is 30.8 Å². The molecule has 2 heteroatoms. The number of allylic oxidation sites excluding steroid dienone is 1. The van der Waals surface area contributed by atoms with Gasteiger partial charge in [-0.1, -0.05) is 31.9 Å². The van der Waals surface area contributed by atoms with Crippen LogP contribution in [0.5, 0.6) is 0 Å². The summed E-state index contributed by atoms with van der Waals surface area (Å²) < 4.78 is 11.4. The maximum atomic E-state index is 5.98. The van der Waals surface area contributed by atoms with E-state index in [-0.39, 0.29) is 0 Å². The van der Waals surface area contributed by atoms with Crippen LogP contribution in [0, 0.1) is 28.6 Å². The molecule has 24 heavy (non-hydrogen) atoms. The van der Waals surface area contributed by atoms with Gasteiger partial charge in [-0.25, -0.2) is 0 Å². The van der Waals surface area contributed by atoms with Crippen LogP contribution in [0.1, 0.15) is 78.6 Å². The Hall–Kier alpha value is -0.340. The smallest absolute Gasteiger partial charge is 0.147 e. The van der Waals surface area contributed by atoms with Crippen molar-refractivity contribution < 1.29 is 9.47 Å². The zero-order valence-electron chi connectivity index (χ0n) is 16.0. The van der Waals surface area contributed by atoms with Crippen molar-refractivity contribution in [2.75, 3.05) is 13.4 Å². The lowest BCUT2D eigenvalue weighted by molar-refractivity contribution is -0.105. The van der Waals surface area contributed by atoms with Crippen molar-refractivity contribution in [1.29, 1.82) is 0 Å². The van der Waals surface area contributed by atoms with Crippen LogP contribution in [-0.4, -0.2) is 19.5 Å². The van der Waals surface area contributed by atoms with Gasteiger partial charge in [0.2, 0.25) is 0 Å². The molecule has 136 valence electrons. The summed E-state index contributed by atoms with van der Waals surface area (Å²) in [5.74, 6) is 2.89. The quantitative estimate of drug-likeness (QED) is 0.372.